The molecule has 3 aromatic rings. The molecule has 7 nitrogen and oxygen atoms in total. The van der Waals surface area contributed by atoms with Gasteiger partial charge in [-0.25, -0.2) is 4.39 Å². The van der Waals surface area contributed by atoms with Gasteiger partial charge in [0.25, 0.3) is 5.91 Å². The number of likely N-dealkylation sites (tertiary alicyclic amines) is 2. The molecule has 0 bridgehead atoms. The number of hydrogen-bond donors (Lipinski definition) is 2. The molecule has 37 heavy (non-hydrogen) atoms. The number of β-amino-alcohol motifs (C(OH)–C–C–N with tert-alkyl or cyclic N) is 2. The highest BCUT2D eigenvalue weighted by Crippen LogP contribution is 2.44. The van der Waals surface area contributed by atoms with Gasteiger partial charge in [0.15, 0.2) is 0 Å². The van der Waals surface area contributed by atoms with Crippen LogP contribution in [0.4, 0.5) is 4.39 Å². The lowest BCUT2D eigenvalue weighted by Crippen LogP contribution is -2.35. The van der Waals surface area contributed by atoms with Crippen LogP contribution >= 0.6 is 0 Å². The van der Waals surface area contributed by atoms with Crippen molar-refractivity contribution >= 4 is 16.8 Å². The van der Waals surface area contributed by atoms with E-state index in [0.29, 0.717) is 5.56 Å². The van der Waals surface area contributed by atoms with Crippen LogP contribution in [-0.2, 0) is 13.5 Å². The van der Waals surface area contributed by atoms with Gasteiger partial charge in [0, 0.05) is 79.5 Å². The molecule has 196 valence electrons. The van der Waals surface area contributed by atoms with Gasteiger partial charge < -0.3 is 24.6 Å². The van der Waals surface area contributed by atoms with E-state index in [1.165, 1.54) is 10.5 Å². The lowest BCUT2D eigenvalue weighted by Gasteiger charge is -2.26. The van der Waals surface area contributed by atoms with E-state index in [2.05, 4.69) is 40.7 Å². The molecule has 2 aromatic carbocycles. The standard InChI is InChI=1S/C29H35FN4O3/c1-31(2)25-14-33(23-10-8-17-5-4-6-22(30)28(17)23)13-21(25)20-12-32(3)24-11-18(7-9-19(20)24)29(37)34-15-26(35)27(36)16-34/h4-7,9,11-12,21,23,25-27,35-36H,8,10,13-16H2,1-3H3/t21-,23?,25+,26+,27+/m1/s1. The molecular weight excluding hydrogens is 471 g/mol. The molecule has 1 unspecified atom stereocenters. The number of amides is 1. The number of halogens is 1. The molecule has 2 saturated heterocycles. The third kappa shape index (κ3) is 4.07. The van der Waals surface area contributed by atoms with Crippen molar-refractivity contribution in [3.05, 3.63) is 70.7 Å². The van der Waals surface area contributed by atoms with Crippen molar-refractivity contribution in [2.75, 3.05) is 40.3 Å². The summed E-state index contributed by atoms with van der Waals surface area (Å²) in [6.07, 6.45) is 2.24. The molecule has 0 spiro atoms. The van der Waals surface area contributed by atoms with Gasteiger partial charge in [-0.1, -0.05) is 18.2 Å². The number of nitrogens with zero attached hydrogens (tertiary/aromatic N) is 4. The number of carbonyl (C=O) groups is 1. The summed E-state index contributed by atoms with van der Waals surface area (Å²) < 4.78 is 16.9. The zero-order valence-corrected chi connectivity index (χ0v) is 21.6. The summed E-state index contributed by atoms with van der Waals surface area (Å²) in [6, 6.07) is 11.6. The van der Waals surface area contributed by atoms with Crippen LogP contribution in [0.25, 0.3) is 10.9 Å². The molecule has 1 aromatic heterocycles. The monoisotopic (exact) mass is 506 g/mol. The van der Waals surface area contributed by atoms with Crippen molar-refractivity contribution < 1.29 is 19.4 Å². The van der Waals surface area contributed by atoms with Gasteiger partial charge in [0.1, 0.15) is 5.82 Å². The zero-order valence-electron chi connectivity index (χ0n) is 21.6. The predicted molar refractivity (Wildman–Crippen MR) is 140 cm³/mol. The number of benzene rings is 2. The minimum absolute atomic E-state index is 0.0924. The van der Waals surface area contributed by atoms with Crippen molar-refractivity contribution in [2.45, 2.75) is 43.1 Å². The lowest BCUT2D eigenvalue weighted by molar-refractivity contribution is 0.0572. The quantitative estimate of drug-likeness (QED) is 0.569. The Hall–Kier alpha value is -2.78. The van der Waals surface area contributed by atoms with Crippen molar-refractivity contribution in [3.8, 4) is 0 Å². The van der Waals surface area contributed by atoms with Gasteiger partial charge in [-0.2, -0.15) is 0 Å². The summed E-state index contributed by atoms with van der Waals surface area (Å²) in [5.41, 5.74) is 4.79. The number of aromatic nitrogens is 1. The average Bonchev–Trinajstić information content (AvgIpc) is 3.64. The fourth-order valence-electron chi connectivity index (χ4n) is 6.84. The number of carbonyl (C=O) groups excluding carboxylic acids is 1. The van der Waals surface area contributed by atoms with Crippen LogP contribution in [-0.4, -0.2) is 93.9 Å². The maximum atomic E-state index is 14.8. The topological polar surface area (TPSA) is 72.2 Å². The third-order valence-electron chi connectivity index (χ3n) is 8.80. The van der Waals surface area contributed by atoms with E-state index in [1.54, 1.807) is 6.07 Å². The molecule has 8 heteroatoms. The first-order valence-corrected chi connectivity index (χ1v) is 13.1. The number of hydrogen-bond acceptors (Lipinski definition) is 5. The van der Waals surface area contributed by atoms with Gasteiger partial charge in [0.2, 0.25) is 0 Å². The normalized spacial score (nSPS) is 28.1. The van der Waals surface area contributed by atoms with E-state index in [4.69, 9.17) is 0 Å². The van der Waals surface area contributed by atoms with Crippen LogP contribution in [0.15, 0.2) is 42.6 Å². The summed E-state index contributed by atoms with van der Waals surface area (Å²) in [7, 11) is 6.24. The SMILES string of the molecule is CN(C)[C@H]1CN(C2CCc3cccc(F)c32)C[C@@H]1c1cn(C)c2cc(C(=O)N3C[C@H](O)[C@@H](O)C3)ccc12. The van der Waals surface area contributed by atoms with E-state index in [1.807, 2.05) is 31.3 Å². The first kappa shape index (κ1) is 24.6. The fourth-order valence-corrected chi connectivity index (χ4v) is 6.84. The zero-order chi connectivity index (χ0) is 26.0. The Kier molecular flexibility index (Phi) is 6.11. The van der Waals surface area contributed by atoms with E-state index in [9.17, 15) is 19.4 Å². The van der Waals surface area contributed by atoms with E-state index >= 15 is 0 Å². The minimum Gasteiger partial charge on any atom is -0.388 e. The van der Waals surface area contributed by atoms with E-state index < -0.39 is 12.2 Å². The van der Waals surface area contributed by atoms with Crippen LogP contribution < -0.4 is 0 Å². The van der Waals surface area contributed by atoms with Crippen molar-refractivity contribution in [3.63, 3.8) is 0 Å². The molecular formula is C29H35FN4O3. The van der Waals surface area contributed by atoms with Crippen molar-refractivity contribution in [1.82, 2.24) is 19.3 Å². The van der Waals surface area contributed by atoms with Gasteiger partial charge in [-0.3, -0.25) is 9.69 Å². The molecule has 0 radical (unpaired) electrons. The molecule has 3 heterocycles. The highest BCUT2D eigenvalue weighted by molar-refractivity contribution is 5.99. The summed E-state index contributed by atoms with van der Waals surface area (Å²) in [6.45, 7) is 2.01. The maximum absolute atomic E-state index is 14.8. The Morgan fingerprint density at radius 1 is 1.05 bits per heavy atom. The van der Waals surface area contributed by atoms with Crippen LogP contribution in [0.1, 0.15) is 45.4 Å². The van der Waals surface area contributed by atoms with Crippen molar-refractivity contribution in [1.29, 1.82) is 0 Å². The summed E-state index contributed by atoms with van der Waals surface area (Å²) >= 11 is 0. The molecule has 0 saturated carbocycles. The van der Waals surface area contributed by atoms with Crippen LogP contribution in [0.3, 0.4) is 0 Å². The van der Waals surface area contributed by atoms with Crippen LogP contribution in [0.5, 0.6) is 0 Å². The number of rotatable bonds is 4. The van der Waals surface area contributed by atoms with E-state index in [-0.39, 0.29) is 42.8 Å². The van der Waals surface area contributed by atoms with Gasteiger partial charge >= 0.3 is 0 Å². The molecule has 2 N–H and O–H groups in total. The molecule has 2 aliphatic heterocycles. The summed E-state index contributed by atoms with van der Waals surface area (Å²) in [4.78, 5) is 19.3. The first-order valence-electron chi connectivity index (χ1n) is 13.1. The molecule has 5 atom stereocenters. The largest absolute Gasteiger partial charge is 0.388 e. The Bertz CT molecular complexity index is 1340. The molecule has 3 aliphatic rings. The van der Waals surface area contributed by atoms with Crippen molar-refractivity contribution in [2.24, 2.45) is 7.05 Å². The van der Waals surface area contributed by atoms with Gasteiger partial charge in [-0.05, 0) is 56.3 Å². The Balaban J connectivity index is 1.31. The number of aliphatic hydroxyl groups excluding tert-OH is 2. The van der Waals surface area contributed by atoms with Gasteiger partial charge in [-0.15, -0.1) is 0 Å². The number of fused-ring (bicyclic) bond motifs is 2. The number of aliphatic hydroxyl groups is 2. The Morgan fingerprint density at radius 3 is 2.54 bits per heavy atom. The Morgan fingerprint density at radius 2 is 1.81 bits per heavy atom. The highest BCUT2D eigenvalue weighted by atomic mass is 19.1. The second kappa shape index (κ2) is 9.20. The molecule has 1 amide bonds. The fraction of sp³-hybridized carbons (Fsp3) is 0.483. The molecule has 6 rings (SSSR count). The first-order chi connectivity index (χ1) is 17.7. The second-order valence-electron chi connectivity index (χ2n) is 11.2. The molecule has 1 aliphatic carbocycles. The average molecular weight is 507 g/mol. The minimum atomic E-state index is -0.900. The second-order valence-corrected chi connectivity index (χ2v) is 11.2. The van der Waals surface area contributed by atoms with Gasteiger partial charge in [0.05, 0.1) is 12.2 Å². The smallest absolute Gasteiger partial charge is 0.254 e. The third-order valence-corrected chi connectivity index (χ3v) is 8.80. The summed E-state index contributed by atoms with van der Waals surface area (Å²) in [5, 5.41) is 20.9. The molecule has 2 fully saturated rings. The van der Waals surface area contributed by atoms with Crippen LogP contribution in [0, 0.1) is 5.82 Å². The predicted octanol–water partition coefficient (Wildman–Crippen LogP) is 2.51. The number of aryl methyl sites for hydroxylation is 2. The Labute approximate surface area is 216 Å². The van der Waals surface area contributed by atoms with Crippen LogP contribution in [0.2, 0.25) is 0 Å². The number of likely N-dealkylation sites (N-methyl/N-ethyl adjacent to an activating group) is 1. The highest BCUT2D eigenvalue weighted by Gasteiger charge is 2.42. The lowest BCUT2D eigenvalue weighted by atomic mass is 9.93. The summed E-state index contributed by atoms with van der Waals surface area (Å²) in [5.74, 6) is -0.0226. The van der Waals surface area contributed by atoms with E-state index in [0.717, 1.165) is 48.0 Å². The maximum Gasteiger partial charge on any atom is 0.254 e.